The van der Waals surface area contributed by atoms with Crippen molar-refractivity contribution < 1.29 is 5.11 Å². The van der Waals surface area contributed by atoms with Crippen LogP contribution in [0.5, 0.6) is 0 Å². The van der Waals surface area contributed by atoms with Gasteiger partial charge in [-0.15, -0.1) is 0 Å². The molecule has 0 heterocycles. The van der Waals surface area contributed by atoms with Crippen LogP contribution in [0.2, 0.25) is 0 Å². The maximum atomic E-state index is 9.46. The summed E-state index contributed by atoms with van der Waals surface area (Å²) in [6, 6.07) is 0. The molecule has 0 aromatic heterocycles. The molecule has 0 fully saturated rings. The Bertz CT molecular complexity index is 317. The Morgan fingerprint density at radius 1 is 0.800 bits per heavy atom. The molecule has 0 rings (SSSR count). The third-order valence-electron chi connectivity index (χ3n) is 4.04. The third-order valence-corrected chi connectivity index (χ3v) is 4.04. The minimum atomic E-state index is -0.0134. The van der Waals surface area contributed by atoms with E-state index < -0.39 is 0 Å². The molecule has 1 unspecified atom stereocenters. The molecular weight excluding hydrogens is 244 g/mol. The van der Waals surface area contributed by atoms with Crippen molar-refractivity contribution in [1.82, 2.24) is 0 Å². The minimum Gasteiger partial charge on any atom is -0.396 e. The topological polar surface area (TPSA) is 20.2 Å². The first-order valence-electron chi connectivity index (χ1n) is 8.06. The molecule has 0 amide bonds. The summed E-state index contributed by atoms with van der Waals surface area (Å²) < 4.78 is 0. The Morgan fingerprint density at radius 2 is 1.30 bits per heavy atom. The van der Waals surface area contributed by atoms with Gasteiger partial charge in [0.05, 0.1) is 0 Å². The van der Waals surface area contributed by atoms with Crippen LogP contribution in [0.3, 0.4) is 0 Å². The van der Waals surface area contributed by atoms with Crippen LogP contribution in [-0.4, -0.2) is 11.7 Å². The van der Waals surface area contributed by atoms with Gasteiger partial charge < -0.3 is 5.11 Å². The molecule has 1 N–H and O–H groups in total. The molecule has 0 saturated heterocycles. The van der Waals surface area contributed by atoms with Gasteiger partial charge in [-0.05, 0) is 40.9 Å². The fourth-order valence-electron chi connectivity index (χ4n) is 3.29. The molecule has 20 heavy (non-hydrogen) atoms. The predicted molar refractivity (Wildman–Crippen MR) is 90.9 cm³/mol. The molecule has 0 aliphatic heterocycles. The molecular formula is C19H38O. The summed E-state index contributed by atoms with van der Waals surface area (Å²) >= 11 is 0. The highest BCUT2D eigenvalue weighted by Crippen LogP contribution is 2.40. The van der Waals surface area contributed by atoms with E-state index >= 15 is 0 Å². The van der Waals surface area contributed by atoms with E-state index in [1.807, 2.05) is 0 Å². The van der Waals surface area contributed by atoms with Crippen molar-refractivity contribution in [3.63, 3.8) is 0 Å². The Balaban J connectivity index is 4.96. The second kappa shape index (κ2) is 6.64. The summed E-state index contributed by atoms with van der Waals surface area (Å²) in [5.74, 6) is 0. The molecule has 0 aliphatic rings. The summed E-state index contributed by atoms with van der Waals surface area (Å²) in [4.78, 5) is 0. The Kier molecular flexibility index (Phi) is 6.54. The van der Waals surface area contributed by atoms with Crippen LogP contribution >= 0.6 is 0 Å². The lowest BCUT2D eigenvalue weighted by atomic mass is 9.70. The van der Waals surface area contributed by atoms with Crippen molar-refractivity contribution in [2.75, 3.05) is 6.61 Å². The van der Waals surface area contributed by atoms with Gasteiger partial charge in [-0.25, -0.2) is 0 Å². The number of rotatable bonds is 7. The maximum absolute atomic E-state index is 9.46. The molecule has 1 nitrogen and oxygen atoms in total. The quantitative estimate of drug-likeness (QED) is 0.582. The number of allylic oxidation sites excluding steroid dienone is 2. The highest BCUT2D eigenvalue weighted by molar-refractivity contribution is 5.05. The van der Waals surface area contributed by atoms with Gasteiger partial charge in [0.1, 0.15) is 0 Å². The second-order valence-electron chi connectivity index (χ2n) is 9.57. The van der Waals surface area contributed by atoms with Gasteiger partial charge in [-0.1, -0.05) is 74.5 Å². The fraction of sp³-hybridized carbons (Fsp3) is 0.895. The van der Waals surface area contributed by atoms with Crippen molar-refractivity contribution in [3.05, 3.63) is 12.2 Å². The minimum absolute atomic E-state index is 0.0134. The highest BCUT2D eigenvalue weighted by atomic mass is 16.3. The zero-order valence-electron chi connectivity index (χ0n) is 15.4. The monoisotopic (exact) mass is 282 g/mol. The van der Waals surface area contributed by atoms with Crippen LogP contribution in [-0.2, 0) is 0 Å². The average molecular weight is 283 g/mol. The van der Waals surface area contributed by atoms with Gasteiger partial charge in [-0.2, -0.15) is 0 Å². The van der Waals surface area contributed by atoms with Crippen LogP contribution in [0, 0.1) is 21.7 Å². The van der Waals surface area contributed by atoms with Gasteiger partial charge in [-0.3, -0.25) is 0 Å². The summed E-state index contributed by atoms with van der Waals surface area (Å²) in [6.07, 6.45) is 8.17. The first kappa shape index (κ1) is 19.7. The lowest BCUT2D eigenvalue weighted by molar-refractivity contribution is 0.118. The Labute approximate surface area is 127 Å². The molecule has 1 atom stereocenters. The van der Waals surface area contributed by atoms with Gasteiger partial charge in [0.2, 0.25) is 0 Å². The summed E-state index contributed by atoms with van der Waals surface area (Å²) in [5.41, 5.74) is 0.726. The zero-order valence-corrected chi connectivity index (χ0v) is 15.4. The highest BCUT2D eigenvalue weighted by Gasteiger charge is 2.29. The molecule has 0 saturated carbocycles. The van der Waals surface area contributed by atoms with Gasteiger partial charge in [0, 0.05) is 6.61 Å². The van der Waals surface area contributed by atoms with E-state index in [4.69, 9.17) is 0 Å². The summed E-state index contributed by atoms with van der Waals surface area (Å²) in [6.45, 7) is 20.6. The molecule has 0 spiro atoms. The first-order valence-corrected chi connectivity index (χ1v) is 8.06. The number of aliphatic hydroxyl groups excluding tert-OH is 1. The van der Waals surface area contributed by atoms with Gasteiger partial charge in [0.15, 0.2) is 0 Å². The van der Waals surface area contributed by atoms with E-state index in [1.165, 1.54) is 12.8 Å². The fourth-order valence-corrected chi connectivity index (χ4v) is 3.29. The van der Waals surface area contributed by atoms with Gasteiger partial charge in [0.25, 0.3) is 0 Å². The molecule has 0 aromatic carbocycles. The van der Waals surface area contributed by atoms with E-state index in [1.54, 1.807) is 0 Å². The molecule has 0 aliphatic carbocycles. The lowest BCUT2D eigenvalue weighted by Crippen LogP contribution is -2.26. The zero-order chi connectivity index (χ0) is 16.2. The third kappa shape index (κ3) is 8.09. The largest absolute Gasteiger partial charge is 0.396 e. The van der Waals surface area contributed by atoms with Crippen molar-refractivity contribution in [2.45, 2.75) is 81.6 Å². The molecule has 0 aromatic rings. The smallest absolute Gasteiger partial charge is 0.0482 e. The van der Waals surface area contributed by atoms with E-state index in [0.29, 0.717) is 5.41 Å². The maximum Gasteiger partial charge on any atom is 0.0482 e. The van der Waals surface area contributed by atoms with Crippen molar-refractivity contribution in [1.29, 1.82) is 0 Å². The molecule has 0 radical (unpaired) electrons. The van der Waals surface area contributed by atoms with E-state index in [0.717, 1.165) is 6.42 Å². The second-order valence-corrected chi connectivity index (χ2v) is 9.57. The summed E-state index contributed by atoms with van der Waals surface area (Å²) in [7, 11) is 0. The van der Waals surface area contributed by atoms with Crippen molar-refractivity contribution in [3.8, 4) is 0 Å². The van der Waals surface area contributed by atoms with Crippen LogP contribution in [0.25, 0.3) is 0 Å². The molecule has 0 bridgehead atoms. The van der Waals surface area contributed by atoms with Crippen LogP contribution in [0.4, 0.5) is 0 Å². The van der Waals surface area contributed by atoms with Gasteiger partial charge >= 0.3 is 0 Å². The van der Waals surface area contributed by atoms with E-state index in [9.17, 15) is 5.11 Å². The van der Waals surface area contributed by atoms with Crippen LogP contribution < -0.4 is 0 Å². The lowest BCUT2D eigenvalue weighted by Gasteiger charge is -2.35. The number of aliphatic hydroxyl groups is 1. The molecule has 1 heteroatoms. The van der Waals surface area contributed by atoms with Crippen molar-refractivity contribution in [2.24, 2.45) is 21.7 Å². The van der Waals surface area contributed by atoms with Crippen molar-refractivity contribution >= 4 is 0 Å². The SMILES string of the molecule is CCC(C)(C=CC(C)(C)CC(C)(C)CO)CC(C)(C)C. The standard InChI is InChI=1S/C19H38O/c1-10-19(9,13-16(2,3)4)12-11-17(5,6)14-18(7,8)15-20/h11-12,20H,10,13-15H2,1-9H3. The van der Waals surface area contributed by atoms with E-state index in [-0.39, 0.29) is 22.9 Å². The number of hydrogen-bond donors (Lipinski definition) is 1. The normalized spacial score (nSPS) is 17.5. The average Bonchev–Trinajstić information content (AvgIpc) is 2.23. The molecule has 120 valence electrons. The Morgan fingerprint density at radius 3 is 1.65 bits per heavy atom. The summed E-state index contributed by atoms with van der Waals surface area (Å²) in [5, 5.41) is 9.46. The predicted octanol–water partition coefficient (Wildman–Crippen LogP) is 5.83. The first-order chi connectivity index (χ1) is 8.74. The van der Waals surface area contributed by atoms with Crippen LogP contribution in [0.1, 0.15) is 81.6 Å². The van der Waals surface area contributed by atoms with Crippen LogP contribution in [0.15, 0.2) is 12.2 Å². The van der Waals surface area contributed by atoms with E-state index in [2.05, 4.69) is 74.5 Å². The Hall–Kier alpha value is -0.300. The number of hydrogen-bond acceptors (Lipinski definition) is 1.